The van der Waals surface area contributed by atoms with Crippen molar-refractivity contribution >= 4 is 34.0 Å². The van der Waals surface area contributed by atoms with E-state index in [9.17, 15) is 14.7 Å². The zero-order chi connectivity index (χ0) is 24.7. The third-order valence-corrected chi connectivity index (χ3v) is 6.37. The van der Waals surface area contributed by atoms with Crippen molar-refractivity contribution in [3.63, 3.8) is 0 Å². The molecule has 1 fully saturated rings. The predicted octanol–water partition coefficient (Wildman–Crippen LogP) is 4.82. The molecule has 3 aromatic carbocycles. The number of hydrogen-bond donors (Lipinski definition) is 1. The van der Waals surface area contributed by atoms with Crippen LogP contribution in [0.4, 0.5) is 5.69 Å². The number of para-hydroxylation sites is 2. The number of rotatable bonds is 5. The molecule has 1 unspecified atom stereocenters. The first-order valence-electron chi connectivity index (χ1n) is 11.1. The highest BCUT2D eigenvalue weighted by molar-refractivity contribution is 6.52. The number of ether oxygens (including phenoxy) is 2. The van der Waals surface area contributed by atoms with Crippen LogP contribution in [0, 0.1) is 0 Å². The Hall–Kier alpha value is -4.52. The molecule has 0 bridgehead atoms. The van der Waals surface area contributed by atoms with Gasteiger partial charge in [0.05, 0.1) is 25.8 Å². The lowest BCUT2D eigenvalue weighted by atomic mass is 9.94. The number of aryl methyl sites for hydroxylation is 1. The minimum Gasteiger partial charge on any atom is -0.506 e. The van der Waals surface area contributed by atoms with E-state index in [1.54, 1.807) is 42.5 Å². The van der Waals surface area contributed by atoms with Crippen molar-refractivity contribution in [2.24, 2.45) is 7.05 Å². The number of nitrogens with zero attached hydrogens (tertiary/aromatic N) is 2. The first-order chi connectivity index (χ1) is 17.0. The fourth-order valence-electron chi connectivity index (χ4n) is 4.79. The zero-order valence-corrected chi connectivity index (χ0v) is 19.6. The quantitative estimate of drug-likeness (QED) is 0.258. The van der Waals surface area contributed by atoms with Gasteiger partial charge >= 0.3 is 0 Å². The van der Waals surface area contributed by atoms with Crippen LogP contribution in [0.15, 0.2) is 84.6 Å². The monoisotopic (exact) mass is 468 g/mol. The summed E-state index contributed by atoms with van der Waals surface area (Å²) in [6.07, 6.45) is 1.89. The second-order valence-electron chi connectivity index (χ2n) is 8.25. The van der Waals surface area contributed by atoms with Gasteiger partial charge in [-0.05, 0) is 30.3 Å². The number of benzene rings is 3. The highest BCUT2D eigenvalue weighted by Gasteiger charge is 2.48. The first kappa shape index (κ1) is 22.3. The van der Waals surface area contributed by atoms with Gasteiger partial charge < -0.3 is 19.1 Å². The second kappa shape index (κ2) is 8.68. The van der Waals surface area contributed by atoms with Crippen LogP contribution in [0.25, 0.3) is 16.7 Å². The van der Waals surface area contributed by atoms with E-state index < -0.39 is 17.7 Å². The molecule has 35 heavy (non-hydrogen) atoms. The third kappa shape index (κ3) is 3.44. The van der Waals surface area contributed by atoms with E-state index in [0.717, 1.165) is 16.5 Å². The Balaban J connectivity index is 1.85. The number of amides is 1. The highest BCUT2D eigenvalue weighted by Crippen LogP contribution is 2.46. The van der Waals surface area contributed by atoms with E-state index in [1.807, 2.05) is 48.1 Å². The van der Waals surface area contributed by atoms with Gasteiger partial charge in [-0.25, -0.2) is 0 Å². The molecule has 7 heteroatoms. The van der Waals surface area contributed by atoms with Crippen LogP contribution < -0.4 is 14.4 Å². The van der Waals surface area contributed by atoms with Crippen molar-refractivity contribution in [2.75, 3.05) is 19.1 Å². The lowest BCUT2D eigenvalue weighted by Crippen LogP contribution is -2.29. The largest absolute Gasteiger partial charge is 0.506 e. The Labute approximate surface area is 202 Å². The van der Waals surface area contributed by atoms with Crippen LogP contribution in [0.5, 0.6) is 11.5 Å². The highest BCUT2D eigenvalue weighted by atomic mass is 16.5. The molecule has 0 saturated carbocycles. The molecular weight excluding hydrogens is 444 g/mol. The summed E-state index contributed by atoms with van der Waals surface area (Å²) >= 11 is 0. The maximum atomic E-state index is 13.5. The number of Topliss-reactive ketones (excluding diaryl/α,β-unsaturated/α-hetero) is 1. The summed E-state index contributed by atoms with van der Waals surface area (Å²) in [7, 11) is 4.84. The summed E-state index contributed by atoms with van der Waals surface area (Å²) in [5.74, 6) is -1.20. The average Bonchev–Trinajstić information content (AvgIpc) is 3.36. The Bertz CT molecular complexity index is 1460. The molecule has 1 saturated heterocycles. The zero-order valence-electron chi connectivity index (χ0n) is 19.6. The molecule has 1 amide bonds. The number of ketones is 1. The summed E-state index contributed by atoms with van der Waals surface area (Å²) in [6.45, 7) is 0. The van der Waals surface area contributed by atoms with Crippen molar-refractivity contribution in [3.8, 4) is 11.5 Å². The van der Waals surface area contributed by atoms with Gasteiger partial charge in [-0.1, -0.05) is 42.5 Å². The molecule has 0 aliphatic carbocycles. The standard InChI is InChI=1S/C28H24N2O5/c1-29-16-19(18-12-7-8-13-20(18)29)25-24(26(31)23-21(34-2)14-9-15-22(23)35-3)27(32)28(33)30(25)17-10-5-4-6-11-17/h4-16,25,31H,1-3H3/b26-24+. The second-order valence-corrected chi connectivity index (χ2v) is 8.25. The lowest BCUT2D eigenvalue weighted by Gasteiger charge is -2.25. The number of carbonyl (C=O) groups excluding carboxylic acids is 2. The number of methoxy groups -OCH3 is 2. The number of anilines is 1. The van der Waals surface area contributed by atoms with Gasteiger partial charge in [0.1, 0.15) is 22.8 Å². The minimum atomic E-state index is -0.863. The average molecular weight is 469 g/mol. The van der Waals surface area contributed by atoms with Crippen molar-refractivity contribution < 1.29 is 24.2 Å². The van der Waals surface area contributed by atoms with Gasteiger partial charge in [0.15, 0.2) is 0 Å². The fourth-order valence-corrected chi connectivity index (χ4v) is 4.79. The van der Waals surface area contributed by atoms with Crippen molar-refractivity contribution in [1.82, 2.24) is 4.57 Å². The number of carbonyl (C=O) groups is 2. The maximum Gasteiger partial charge on any atom is 0.300 e. The van der Waals surface area contributed by atoms with E-state index >= 15 is 0 Å². The number of aliphatic hydroxyl groups is 1. The van der Waals surface area contributed by atoms with Gasteiger partial charge in [-0.2, -0.15) is 0 Å². The maximum absolute atomic E-state index is 13.5. The molecule has 5 rings (SSSR count). The first-order valence-corrected chi connectivity index (χ1v) is 11.1. The summed E-state index contributed by atoms with van der Waals surface area (Å²) < 4.78 is 12.9. The van der Waals surface area contributed by atoms with Gasteiger partial charge in [-0.3, -0.25) is 14.5 Å². The lowest BCUT2D eigenvalue weighted by molar-refractivity contribution is -0.132. The van der Waals surface area contributed by atoms with E-state index in [4.69, 9.17) is 9.47 Å². The predicted molar refractivity (Wildman–Crippen MR) is 134 cm³/mol. The number of fused-ring (bicyclic) bond motifs is 1. The van der Waals surface area contributed by atoms with E-state index in [-0.39, 0.29) is 16.9 Å². The van der Waals surface area contributed by atoms with Gasteiger partial charge in [0.2, 0.25) is 0 Å². The minimum absolute atomic E-state index is 0.0296. The van der Waals surface area contributed by atoms with E-state index in [1.165, 1.54) is 19.1 Å². The van der Waals surface area contributed by atoms with Crippen LogP contribution in [-0.2, 0) is 16.6 Å². The Kier molecular flexibility index (Phi) is 5.53. The Morgan fingerprint density at radius 3 is 2.14 bits per heavy atom. The Morgan fingerprint density at radius 1 is 0.857 bits per heavy atom. The molecule has 176 valence electrons. The topological polar surface area (TPSA) is 81.0 Å². The molecular formula is C28H24N2O5. The molecule has 1 N–H and O–H groups in total. The molecule has 1 atom stereocenters. The molecule has 0 radical (unpaired) electrons. The van der Waals surface area contributed by atoms with Crippen LogP contribution in [0.3, 0.4) is 0 Å². The molecule has 1 aliphatic rings. The molecule has 7 nitrogen and oxygen atoms in total. The summed E-state index contributed by atoms with van der Waals surface area (Å²) in [6, 6.07) is 20.9. The molecule has 4 aromatic rings. The van der Waals surface area contributed by atoms with E-state index in [2.05, 4.69) is 0 Å². The molecule has 0 spiro atoms. The van der Waals surface area contributed by atoms with E-state index in [0.29, 0.717) is 17.2 Å². The van der Waals surface area contributed by atoms with Crippen molar-refractivity contribution in [1.29, 1.82) is 0 Å². The van der Waals surface area contributed by atoms with Crippen molar-refractivity contribution in [2.45, 2.75) is 6.04 Å². The normalized spacial score (nSPS) is 17.2. The van der Waals surface area contributed by atoms with Gasteiger partial charge in [0.25, 0.3) is 11.7 Å². The Morgan fingerprint density at radius 2 is 1.49 bits per heavy atom. The van der Waals surface area contributed by atoms with Crippen LogP contribution in [0.1, 0.15) is 17.2 Å². The molecule has 2 heterocycles. The third-order valence-electron chi connectivity index (χ3n) is 6.37. The number of hydrogen-bond acceptors (Lipinski definition) is 5. The van der Waals surface area contributed by atoms with Crippen molar-refractivity contribution in [3.05, 3.63) is 95.7 Å². The summed E-state index contributed by atoms with van der Waals surface area (Å²) in [5, 5.41) is 12.5. The summed E-state index contributed by atoms with van der Waals surface area (Å²) in [4.78, 5) is 28.4. The van der Waals surface area contributed by atoms with Crippen LogP contribution >= 0.6 is 0 Å². The SMILES string of the molecule is COc1cccc(OC)c1/C(O)=C1\C(=O)C(=O)N(c2ccccc2)C1c1cn(C)c2ccccc12. The van der Waals surface area contributed by atoms with Crippen LogP contribution in [0.2, 0.25) is 0 Å². The fraction of sp³-hybridized carbons (Fsp3) is 0.143. The van der Waals surface area contributed by atoms with Crippen LogP contribution in [-0.4, -0.2) is 35.6 Å². The summed E-state index contributed by atoms with van der Waals surface area (Å²) in [5.41, 5.74) is 2.41. The van der Waals surface area contributed by atoms with Gasteiger partial charge in [0, 0.05) is 35.4 Å². The molecule has 1 aliphatic heterocycles. The number of aromatic nitrogens is 1. The smallest absolute Gasteiger partial charge is 0.300 e. The molecule has 1 aromatic heterocycles. The van der Waals surface area contributed by atoms with Gasteiger partial charge in [-0.15, -0.1) is 0 Å². The number of aliphatic hydroxyl groups excluding tert-OH is 1.